The van der Waals surface area contributed by atoms with E-state index in [1.807, 2.05) is 36.4 Å². The highest BCUT2D eigenvalue weighted by atomic mass is 16.5. The number of Topliss-reactive ketones (excluding diaryl/α,β-unsaturated/α-hetero) is 1. The first-order valence-corrected chi connectivity index (χ1v) is 6.62. The van der Waals surface area contributed by atoms with Crippen molar-refractivity contribution in [2.75, 3.05) is 7.11 Å². The van der Waals surface area contributed by atoms with E-state index in [0.29, 0.717) is 5.56 Å². The summed E-state index contributed by atoms with van der Waals surface area (Å²) in [5.74, 6) is -1.76. The number of hydrogen-bond acceptors (Lipinski definition) is 3. The van der Waals surface area contributed by atoms with Crippen LogP contribution < -0.4 is 0 Å². The van der Waals surface area contributed by atoms with Crippen LogP contribution in [0.2, 0.25) is 0 Å². The quantitative estimate of drug-likeness (QED) is 0.479. The molecule has 0 aliphatic rings. The lowest BCUT2D eigenvalue weighted by molar-refractivity contribution is -0.142. The molecule has 3 heteroatoms. The van der Waals surface area contributed by atoms with Crippen LogP contribution in [-0.4, -0.2) is 18.9 Å². The van der Waals surface area contributed by atoms with E-state index in [1.165, 1.54) is 7.11 Å². The van der Waals surface area contributed by atoms with Crippen LogP contribution in [0, 0.1) is 5.92 Å². The molecule has 0 fully saturated rings. The van der Waals surface area contributed by atoms with Gasteiger partial charge in [-0.05, 0) is 5.56 Å². The summed E-state index contributed by atoms with van der Waals surface area (Å²) < 4.78 is 4.73. The standard InChI is InChI=1S/C18H16O3/c1-21-18(20)16(13-12-14-8-4-2-5-9-14)17(19)15-10-6-3-7-11-15/h2-13,16H,1H3/b13-12+. The van der Waals surface area contributed by atoms with Crippen LogP contribution >= 0.6 is 0 Å². The molecule has 1 unspecified atom stereocenters. The first-order valence-electron chi connectivity index (χ1n) is 6.62. The summed E-state index contributed by atoms with van der Waals surface area (Å²) in [5, 5.41) is 0. The lowest BCUT2D eigenvalue weighted by atomic mass is 9.96. The van der Waals surface area contributed by atoms with Gasteiger partial charge in [-0.1, -0.05) is 72.8 Å². The van der Waals surface area contributed by atoms with E-state index in [0.717, 1.165) is 5.56 Å². The fraction of sp³-hybridized carbons (Fsp3) is 0.111. The molecule has 0 bridgehead atoms. The molecule has 0 saturated carbocycles. The van der Waals surface area contributed by atoms with Crippen LogP contribution in [0.25, 0.3) is 6.08 Å². The Labute approximate surface area is 123 Å². The molecule has 2 aromatic rings. The Morgan fingerprint density at radius 3 is 2.10 bits per heavy atom. The Kier molecular flexibility index (Phi) is 5.04. The molecule has 0 aliphatic carbocycles. The van der Waals surface area contributed by atoms with E-state index in [2.05, 4.69) is 0 Å². The van der Waals surface area contributed by atoms with Crippen LogP contribution in [0.4, 0.5) is 0 Å². The number of ketones is 1. The van der Waals surface area contributed by atoms with Gasteiger partial charge in [-0.25, -0.2) is 0 Å². The molecule has 2 aromatic carbocycles. The first-order chi connectivity index (χ1) is 10.2. The van der Waals surface area contributed by atoms with Crippen molar-refractivity contribution in [3.63, 3.8) is 0 Å². The smallest absolute Gasteiger partial charge is 0.320 e. The normalized spacial score (nSPS) is 12.0. The van der Waals surface area contributed by atoms with E-state index in [4.69, 9.17) is 4.74 Å². The fourth-order valence-electron chi connectivity index (χ4n) is 1.95. The van der Waals surface area contributed by atoms with Gasteiger partial charge in [-0.15, -0.1) is 0 Å². The number of esters is 1. The maximum atomic E-state index is 12.4. The van der Waals surface area contributed by atoms with Gasteiger partial charge in [0.2, 0.25) is 0 Å². The lowest BCUT2D eigenvalue weighted by Gasteiger charge is -2.09. The third-order valence-corrected chi connectivity index (χ3v) is 3.08. The third kappa shape index (κ3) is 3.89. The lowest BCUT2D eigenvalue weighted by Crippen LogP contribution is -2.23. The van der Waals surface area contributed by atoms with E-state index >= 15 is 0 Å². The van der Waals surface area contributed by atoms with E-state index in [-0.39, 0.29) is 5.78 Å². The van der Waals surface area contributed by atoms with Crippen molar-refractivity contribution in [2.45, 2.75) is 0 Å². The van der Waals surface area contributed by atoms with Crippen LogP contribution in [0.5, 0.6) is 0 Å². The summed E-state index contributed by atoms with van der Waals surface area (Å²) in [6.07, 6.45) is 3.33. The van der Waals surface area contributed by atoms with Crippen molar-refractivity contribution >= 4 is 17.8 Å². The largest absolute Gasteiger partial charge is 0.468 e. The molecule has 0 aliphatic heterocycles. The molecule has 106 valence electrons. The molecular formula is C18H16O3. The zero-order valence-corrected chi connectivity index (χ0v) is 11.7. The van der Waals surface area contributed by atoms with Gasteiger partial charge >= 0.3 is 5.97 Å². The van der Waals surface area contributed by atoms with Crippen molar-refractivity contribution in [1.82, 2.24) is 0 Å². The zero-order chi connectivity index (χ0) is 15.1. The van der Waals surface area contributed by atoms with Crippen LogP contribution in [-0.2, 0) is 9.53 Å². The fourth-order valence-corrected chi connectivity index (χ4v) is 1.95. The molecule has 1 atom stereocenters. The topological polar surface area (TPSA) is 43.4 Å². The molecule has 0 saturated heterocycles. The first kappa shape index (κ1) is 14.7. The summed E-state index contributed by atoms with van der Waals surface area (Å²) in [6, 6.07) is 18.2. The van der Waals surface area contributed by atoms with Crippen LogP contribution in [0.15, 0.2) is 66.7 Å². The van der Waals surface area contributed by atoms with Crippen molar-refractivity contribution < 1.29 is 14.3 Å². The average Bonchev–Trinajstić information content (AvgIpc) is 2.56. The minimum Gasteiger partial charge on any atom is -0.468 e. The Bertz CT molecular complexity index is 630. The molecule has 2 rings (SSSR count). The second-order valence-corrected chi connectivity index (χ2v) is 4.50. The highest BCUT2D eigenvalue weighted by molar-refractivity contribution is 6.10. The number of methoxy groups -OCH3 is 1. The molecule has 0 amide bonds. The number of carbonyl (C=O) groups is 2. The second kappa shape index (κ2) is 7.20. The Morgan fingerprint density at radius 2 is 1.52 bits per heavy atom. The summed E-state index contributed by atoms with van der Waals surface area (Å²) in [7, 11) is 1.28. The summed E-state index contributed by atoms with van der Waals surface area (Å²) >= 11 is 0. The maximum absolute atomic E-state index is 12.4. The van der Waals surface area contributed by atoms with Crippen molar-refractivity contribution in [3.05, 3.63) is 77.9 Å². The molecule has 3 nitrogen and oxygen atoms in total. The van der Waals surface area contributed by atoms with Gasteiger partial charge in [0.05, 0.1) is 7.11 Å². The van der Waals surface area contributed by atoms with Gasteiger partial charge in [0.15, 0.2) is 5.78 Å². The van der Waals surface area contributed by atoms with Gasteiger partial charge in [-0.3, -0.25) is 9.59 Å². The molecule has 0 heterocycles. The molecule has 0 aromatic heterocycles. The molecule has 0 spiro atoms. The Morgan fingerprint density at radius 1 is 0.952 bits per heavy atom. The highest BCUT2D eigenvalue weighted by Crippen LogP contribution is 2.14. The number of rotatable bonds is 5. The van der Waals surface area contributed by atoms with Crippen LogP contribution in [0.1, 0.15) is 15.9 Å². The van der Waals surface area contributed by atoms with Crippen molar-refractivity contribution in [2.24, 2.45) is 5.92 Å². The molecule has 0 N–H and O–H groups in total. The molecular weight excluding hydrogens is 264 g/mol. The Hall–Kier alpha value is -2.68. The molecule has 0 radical (unpaired) electrons. The van der Waals surface area contributed by atoms with Gasteiger partial charge in [0, 0.05) is 5.56 Å². The van der Waals surface area contributed by atoms with Gasteiger partial charge in [-0.2, -0.15) is 0 Å². The zero-order valence-electron chi connectivity index (χ0n) is 11.7. The van der Waals surface area contributed by atoms with Gasteiger partial charge in [0.1, 0.15) is 5.92 Å². The van der Waals surface area contributed by atoms with E-state index in [9.17, 15) is 9.59 Å². The number of carbonyl (C=O) groups excluding carboxylic acids is 2. The predicted octanol–water partition coefficient (Wildman–Crippen LogP) is 3.37. The average molecular weight is 280 g/mol. The summed E-state index contributed by atoms with van der Waals surface area (Å²) in [6.45, 7) is 0. The summed E-state index contributed by atoms with van der Waals surface area (Å²) in [4.78, 5) is 24.3. The minimum atomic E-state index is -0.933. The van der Waals surface area contributed by atoms with Crippen molar-refractivity contribution in [1.29, 1.82) is 0 Å². The maximum Gasteiger partial charge on any atom is 0.320 e. The van der Waals surface area contributed by atoms with E-state index in [1.54, 1.807) is 36.4 Å². The Balaban J connectivity index is 2.25. The highest BCUT2D eigenvalue weighted by Gasteiger charge is 2.25. The number of ether oxygens (including phenoxy) is 1. The van der Waals surface area contributed by atoms with Gasteiger partial charge < -0.3 is 4.74 Å². The summed E-state index contributed by atoms with van der Waals surface area (Å²) in [5.41, 5.74) is 1.41. The number of benzene rings is 2. The van der Waals surface area contributed by atoms with Gasteiger partial charge in [0.25, 0.3) is 0 Å². The SMILES string of the molecule is COC(=O)C(/C=C/c1ccccc1)C(=O)c1ccccc1. The third-order valence-electron chi connectivity index (χ3n) is 3.08. The monoisotopic (exact) mass is 280 g/mol. The molecule has 21 heavy (non-hydrogen) atoms. The van der Waals surface area contributed by atoms with Crippen LogP contribution in [0.3, 0.4) is 0 Å². The predicted molar refractivity (Wildman–Crippen MR) is 81.8 cm³/mol. The van der Waals surface area contributed by atoms with E-state index < -0.39 is 11.9 Å². The van der Waals surface area contributed by atoms with Crippen molar-refractivity contribution in [3.8, 4) is 0 Å². The second-order valence-electron chi connectivity index (χ2n) is 4.50. The minimum absolute atomic E-state index is 0.269. The number of hydrogen-bond donors (Lipinski definition) is 0.